The lowest BCUT2D eigenvalue weighted by molar-refractivity contribution is 0.0730. The van der Waals surface area contributed by atoms with Crippen LogP contribution < -0.4 is 4.89 Å². The van der Waals surface area contributed by atoms with Crippen LogP contribution in [0.25, 0.3) is 0 Å². The van der Waals surface area contributed by atoms with Crippen molar-refractivity contribution >= 4 is 15.9 Å². The first-order valence-corrected chi connectivity index (χ1v) is 9.42. The van der Waals surface area contributed by atoms with E-state index >= 15 is 0 Å². The van der Waals surface area contributed by atoms with Gasteiger partial charge in [-0.2, -0.15) is 0 Å². The molecule has 7 heteroatoms. The Hall–Kier alpha value is -2.22. The summed E-state index contributed by atoms with van der Waals surface area (Å²) in [5, 5.41) is 0. The van der Waals surface area contributed by atoms with Gasteiger partial charge in [-0.15, -0.1) is 0 Å². The number of carbonyl (C=O) groups is 1. The van der Waals surface area contributed by atoms with E-state index in [1.807, 2.05) is 17.0 Å². The van der Waals surface area contributed by atoms with E-state index in [0.29, 0.717) is 5.56 Å². The highest BCUT2D eigenvalue weighted by Gasteiger charge is 2.29. The molecule has 1 aliphatic rings. The molecule has 3 rings (SSSR count). The molecule has 1 aliphatic carbocycles. The van der Waals surface area contributed by atoms with E-state index in [-0.39, 0.29) is 16.8 Å². The molecular weight excluding hydrogens is 340 g/mol. The van der Waals surface area contributed by atoms with Gasteiger partial charge >= 0.3 is 0 Å². The third-order valence-corrected chi connectivity index (χ3v) is 5.77. The normalized spacial score (nSPS) is 16.5. The van der Waals surface area contributed by atoms with Crippen LogP contribution in [0.1, 0.15) is 33.9 Å². The first kappa shape index (κ1) is 17.6. The highest BCUT2D eigenvalue weighted by atomic mass is 32.2. The zero-order valence-electron chi connectivity index (χ0n) is 14.1. The van der Waals surface area contributed by atoms with E-state index in [9.17, 15) is 13.2 Å². The highest BCUT2D eigenvalue weighted by molar-refractivity contribution is 7.89. The lowest BCUT2D eigenvalue weighted by Gasteiger charge is -2.25. The van der Waals surface area contributed by atoms with Gasteiger partial charge in [-0.1, -0.05) is 29.2 Å². The van der Waals surface area contributed by atoms with E-state index in [1.54, 1.807) is 11.9 Å². The van der Waals surface area contributed by atoms with Gasteiger partial charge in [0.05, 0.1) is 18.0 Å². The van der Waals surface area contributed by atoms with Crippen LogP contribution in [0.3, 0.4) is 0 Å². The number of rotatable bonds is 5. The van der Waals surface area contributed by atoms with Crippen molar-refractivity contribution < 1.29 is 18.0 Å². The fourth-order valence-electron chi connectivity index (χ4n) is 3.22. The first-order chi connectivity index (χ1) is 11.9. The van der Waals surface area contributed by atoms with Crippen LogP contribution in [0.2, 0.25) is 0 Å². The van der Waals surface area contributed by atoms with E-state index in [2.05, 4.69) is 17.0 Å². The van der Waals surface area contributed by atoms with Gasteiger partial charge in [-0.25, -0.2) is 8.42 Å². The summed E-state index contributed by atoms with van der Waals surface area (Å²) in [6, 6.07) is 14.0. The van der Waals surface area contributed by atoms with Gasteiger partial charge < -0.3 is 4.90 Å². The Morgan fingerprint density at radius 1 is 1.16 bits per heavy atom. The number of aryl methyl sites for hydroxylation is 1. The Labute approximate surface area is 147 Å². The minimum atomic E-state index is -3.73. The average molecular weight is 360 g/mol. The Bertz CT molecular complexity index is 878. The fourth-order valence-corrected chi connectivity index (χ4v) is 4.03. The maximum absolute atomic E-state index is 12.8. The molecule has 0 spiro atoms. The molecule has 2 aromatic rings. The van der Waals surface area contributed by atoms with Gasteiger partial charge in [-0.3, -0.25) is 9.63 Å². The molecule has 1 amide bonds. The van der Waals surface area contributed by atoms with E-state index in [1.165, 1.54) is 42.5 Å². The maximum atomic E-state index is 12.8. The smallest absolute Gasteiger partial charge is 0.262 e. The fraction of sp³-hybridized carbons (Fsp3) is 0.278. The van der Waals surface area contributed by atoms with Crippen molar-refractivity contribution in [2.45, 2.75) is 23.8 Å². The van der Waals surface area contributed by atoms with Crippen LogP contribution >= 0.6 is 0 Å². The number of nitrogens with zero attached hydrogens (tertiary/aromatic N) is 1. The van der Waals surface area contributed by atoms with Gasteiger partial charge in [-0.05, 0) is 48.2 Å². The molecule has 1 N–H and O–H groups in total. The molecule has 0 heterocycles. The second kappa shape index (κ2) is 6.95. The number of fused-ring (bicyclic) bond motifs is 1. The summed E-state index contributed by atoms with van der Waals surface area (Å²) in [5.41, 5.74) is 2.91. The van der Waals surface area contributed by atoms with Crippen molar-refractivity contribution in [3.63, 3.8) is 0 Å². The molecular formula is C18H20N2O4S. The number of sulfonamides is 1. The molecule has 0 saturated heterocycles. The molecule has 0 aliphatic heterocycles. The molecule has 0 aromatic heterocycles. The second-order valence-corrected chi connectivity index (χ2v) is 7.63. The zero-order valence-corrected chi connectivity index (χ0v) is 14.9. The first-order valence-electron chi connectivity index (χ1n) is 7.94. The maximum Gasteiger partial charge on any atom is 0.262 e. The summed E-state index contributed by atoms with van der Waals surface area (Å²) in [4.78, 5) is 20.9. The Balaban J connectivity index is 1.80. The van der Waals surface area contributed by atoms with Crippen molar-refractivity contribution in [3.8, 4) is 0 Å². The second-order valence-electron chi connectivity index (χ2n) is 5.98. The number of carbonyl (C=O) groups excluding carboxylic acids is 1. The van der Waals surface area contributed by atoms with Crippen molar-refractivity contribution in [2.24, 2.45) is 0 Å². The van der Waals surface area contributed by atoms with Crippen LogP contribution in [0.5, 0.6) is 0 Å². The third kappa shape index (κ3) is 3.44. The van der Waals surface area contributed by atoms with E-state index in [0.717, 1.165) is 12.8 Å². The molecule has 0 saturated carbocycles. The van der Waals surface area contributed by atoms with Gasteiger partial charge in [0.15, 0.2) is 0 Å². The lowest BCUT2D eigenvalue weighted by atomic mass is 10.1. The van der Waals surface area contributed by atoms with Gasteiger partial charge in [0.1, 0.15) is 0 Å². The number of hydrogen-bond acceptors (Lipinski definition) is 4. The molecule has 0 fully saturated rings. The average Bonchev–Trinajstić information content (AvgIpc) is 3.04. The molecule has 25 heavy (non-hydrogen) atoms. The van der Waals surface area contributed by atoms with Gasteiger partial charge in [0.25, 0.3) is 15.9 Å². The molecule has 132 valence electrons. The summed E-state index contributed by atoms with van der Waals surface area (Å²) < 4.78 is 23.7. The van der Waals surface area contributed by atoms with Crippen LogP contribution in [0.4, 0.5) is 0 Å². The number of nitrogens with one attached hydrogen (secondary N) is 1. The van der Waals surface area contributed by atoms with Crippen molar-refractivity contribution in [2.75, 3.05) is 14.2 Å². The predicted molar refractivity (Wildman–Crippen MR) is 93.4 cm³/mol. The number of benzene rings is 2. The quantitative estimate of drug-likeness (QED) is 0.830. The molecule has 6 nitrogen and oxygen atoms in total. The van der Waals surface area contributed by atoms with E-state index < -0.39 is 10.0 Å². The Kier molecular flexibility index (Phi) is 4.89. The monoisotopic (exact) mass is 360 g/mol. The third-order valence-electron chi connectivity index (χ3n) is 4.49. The lowest BCUT2D eigenvalue weighted by Crippen LogP contribution is -2.30. The standard InChI is InChI=1S/C18H20N2O4S/c1-20(17-12-9-13-5-3-4-6-16(13)17)18(21)14-7-10-15(11-8-14)25(22,23)19-24-2/h3-8,10-11,17,19H,9,12H2,1-2H3/t17-/m0/s1. The highest BCUT2D eigenvalue weighted by Crippen LogP contribution is 2.35. The van der Waals surface area contributed by atoms with Gasteiger partial charge in [0.2, 0.25) is 0 Å². The van der Waals surface area contributed by atoms with Crippen molar-refractivity contribution in [1.29, 1.82) is 0 Å². The summed E-state index contributed by atoms with van der Waals surface area (Å²) in [6.45, 7) is 0. The van der Waals surface area contributed by atoms with Crippen LogP contribution in [-0.2, 0) is 21.3 Å². The minimum Gasteiger partial charge on any atom is -0.335 e. The van der Waals surface area contributed by atoms with Crippen molar-refractivity contribution in [1.82, 2.24) is 9.79 Å². The molecule has 0 bridgehead atoms. The number of hydrogen-bond donors (Lipinski definition) is 1. The van der Waals surface area contributed by atoms with Crippen LogP contribution in [0, 0.1) is 0 Å². The van der Waals surface area contributed by atoms with Crippen LogP contribution in [-0.4, -0.2) is 33.4 Å². The summed E-state index contributed by atoms with van der Waals surface area (Å²) in [6.07, 6.45) is 1.85. The Morgan fingerprint density at radius 3 is 2.52 bits per heavy atom. The van der Waals surface area contributed by atoms with Gasteiger partial charge in [0, 0.05) is 12.6 Å². The zero-order chi connectivity index (χ0) is 18.0. The minimum absolute atomic E-state index is 0.0414. The summed E-state index contributed by atoms with van der Waals surface area (Å²) in [7, 11) is -0.716. The molecule has 2 aromatic carbocycles. The topological polar surface area (TPSA) is 75.7 Å². The van der Waals surface area contributed by atoms with E-state index in [4.69, 9.17) is 0 Å². The molecule has 0 unspecified atom stereocenters. The SMILES string of the molecule is CONS(=O)(=O)c1ccc(C(=O)N(C)[C@H]2CCc3ccccc32)cc1. The Morgan fingerprint density at radius 2 is 1.84 bits per heavy atom. The summed E-state index contributed by atoms with van der Waals surface area (Å²) >= 11 is 0. The summed E-state index contributed by atoms with van der Waals surface area (Å²) in [5.74, 6) is -0.134. The number of amides is 1. The van der Waals surface area contributed by atoms with Crippen LogP contribution in [0.15, 0.2) is 53.4 Å². The molecule has 1 atom stereocenters. The predicted octanol–water partition coefficient (Wildman–Crippen LogP) is 2.29. The molecule has 0 radical (unpaired) electrons. The largest absolute Gasteiger partial charge is 0.335 e. The van der Waals surface area contributed by atoms with Crippen molar-refractivity contribution in [3.05, 3.63) is 65.2 Å².